The van der Waals surface area contributed by atoms with Gasteiger partial charge in [-0.05, 0) is 43.7 Å². The van der Waals surface area contributed by atoms with Crippen molar-refractivity contribution in [1.29, 1.82) is 0 Å². The highest BCUT2D eigenvalue weighted by atomic mass is 16.6. The number of hydrogen-bond donors (Lipinski definition) is 1. The average Bonchev–Trinajstić information content (AvgIpc) is 3.43. The lowest BCUT2D eigenvalue weighted by molar-refractivity contribution is -0.181. The summed E-state index contributed by atoms with van der Waals surface area (Å²) in [6, 6.07) is 9.89. The molecule has 34 heavy (non-hydrogen) atoms. The van der Waals surface area contributed by atoms with Crippen LogP contribution in [-0.4, -0.2) is 41.0 Å². The second-order valence-electron chi connectivity index (χ2n) is 10.6. The Morgan fingerprint density at radius 1 is 1.12 bits per heavy atom. The van der Waals surface area contributed by atoms with Crippen molar-refractivity contribution < 1.29 is 23.9 Å². The molecule has 8 unspecified atom stereocenters. The van der Waals surface area contributed by atoms with Crippen LogP contribution in [0.1, 0.15) is 46.1 Å². The SMILES string of the molecule is C/C1=C/CC(=O)OC23C(=O)NC(Cc4ccccc4)C2C(C)C2(C)OC2C3/C=C/CC(C)C1=O. The Morgan fingerprint density at radius 2 is 1.85 bits per heavy atom. The van der Waals surface area contributed by atoms with Crippen molar-refractivity contribution in [3.8, 4) is 0 Å². The van der Waals surface area contributed by atoms with E-state index in [2.05, 4.69) is 31.3 Å². The number of fused-ring (bicyclic) bond motifs is 2. The van der Waals surface area contributed by atoms with Crippen molar-refractivity contribution in [2.75, 3.05) is 0 Å². The first-order valence-electron chi connectivity index (χ1n) is 12.3. The van der Waals surface area contributed by atoms with Crippen LogP contribution in [0.5, 0.6) is 0 Å². The largest absolute Gasteiger partial charge is 0.448 e. The molecule has 3 aliphatic heterocycles. The number of epoxide rings is 1. The number of ketones is 1. The van der Waals surface area contributed by atoms with Crippen LogP contribution in [-0.2, 0) is 30.3 Å². The van der Waals surface area contributed by atoms with Gasteiger partial charge in [0.15, 0.2) is 5.78 Å². The Hall–Kier alpha value is -2.73. The first-order valence-corrected chi connectivity index (χ1v) is 12.3. The third-order valence-electron chi connectivity index (χ3n) is 8.58. The molecular weight excluding hydrogens is 430 g/mol. The molecule has 1 aromatic rings. The third-order valence-corrected chi connectivity index (χ3v) is 8.58. The van der Waals surface area contributed by atoms with E-state index in [4.69, 9.17) is 9.47 Å². The van der Waals surface area contributed by atoms with Gasteiger partial charge in [-0.25, -0.2) is 0 Å². The molecule has 2 saturated heterocycles. The van der Waals surface area contributed by atoms with Crippen LogP contribution in [0.3, 0.4) is 0 Å². The molecule has 1 saturated carbocycles. The van der Waals surface area contributed by atoms with E-state index in [-0.39, 0.29) is 53.6 Å². The fraction of sp³-hybridized carbons (Fsp3) is 0.536. The molecule has 4 aliphatic rings. The fourth-order valence-electron chi connectivity index (χ4n) is 6.50. The lowest BCUT2D eigenvalue weighted by atomic mass is 9.59. The van der Waals surface area contributed by atoms with E-state index < -0.39 is 17.5 Å². The molecule has 180 valence electrons. The van der Waals surface area contributed by atoms with Crippen molar-refractivity contribution >= 4 is 17.7 Å². The minimum absolute atomic E-state index is 0.00768. The zero-order valence-electron chi connectivity index (χ0n) is 20.2. The standard InChI is InChI=1S/C28H33NO5/c1-16-9-8-12-20-25-27(4,34-25)18(3)23-21(15-19-10-6-5-7-11-19)29-26(32)28(20,23)33-22(30)14-13-17(2)24(16)31/h5-8,10-13,16,18,20-21,23,25H,9,14-15H2,1-4H3,(H,29,32)/b12-8+,17-13-. The summed E-state index contributed by atoms with van der Waals surface area (Å²) in [7, 11) is 0. The van der Waals surface area contributed by atoms with E-state index in [1.54, 1.807) is 13.0 Å². The summed E-state index contributed by atoms with van der Waals surface area (Å²) < 4.78 is 12.5. The van der Waals surface area contributed by atoms with E-state index in [1.807, 2.05) is 37.3 Å². The molecule has 1 amide bonds. The molecule has 5 rings (SSSR count). The number of benzene rings is 1. The molecule has 0 aromatic heterocycles. The van der Waals surface area contributed by atoms with Crippen LogP contribution in [0, 0.1) is 23.7 Å². The van der Waals surface area contributed by atoms with E-state index in [1.165, 1.54) is 0 Å². The lowest BCUT2D eigenvalue weighted by Gasteiger charge is -2.46. The second kappa shape index (κ2) is 8.19. The Morgan fingerprint density at radius 3 is 2.59 bits per heavy atom. The van der Waals surface area contributed by atoms with E-state index >= 15 is 0 Å². The molecule has 3 fully saturated rings. The molecule has 1 aromatic carbocycles. The van der Waals surface area contributed by atoms with Gasteiger partial charge in [0, 0.05) is 17.9 Å². The molecular formula is C28H33NO5. The Kier molecular flexibility index (Phi) is 5.55. The normalized spacial score (nSPS) is 44.1. The lowest BCUT2D eigenvalue weighted by Crippen LogP contribution is -2.61. The molecule has 0 radical (unpaired) electrons. The fourth-order valence-corrected chi connectivity index (χ4v) is 6.50. The third kappa shape index (κ3) is 3.46. The highest BCUT2D eigenvalue weighted by Crippen LogP contribution is 2.63. The quantitative estimate of drug-likeness (QED) is 0.412. The predicted molar refractivity (Wildman–Crippen MR) is 127 cm³/mol. The first-order chi connectivity index (χ1) is 16.2. The number of allylic oxidation sites excluding steroid dienone is 2. The van der Waals surface area contributed by atoms with Crippen LogP contribution in [0.2, 0.25) is 0 Å². The molecule has 0 bridgehead atoms. The van der Waals surface area contributed by atoms with Crippen molar-refractivity contribution in [2.24, 2.45) is 23.7 Å². The van der Waals surface area contributed by atoms with Crippen LogP contribution in [0.15, 0.2) is 54.1 Å². The molecule has 8 atom stereocenters. The van der Waals surface area contributed by atoms with Crippen LogP contribution in [0.25, 0.3) is 0 Å². The monoisotopic (exact) mass is 463 g/mol. The van der Waals surface area contributed by atoms with Gasteiger partial charge in [0.2, 0.25) is 5.60 Å². The van der Waals surface area contributed by atoms with E-state index in [9.17, 15) is 14.4 Å². The Labute approximate surface area is 200 Å². The second-order valence-corrected chi connectivity index (χ2v) is 10.6. The predicted octanol–water partition coefficient (Wildman–Crippen LogP) is 3.55. The number of hydrogen-bond acceptors (Lipinski definition) is 5. The zero-order valence-corrected chi connectivity index (χ0v) is 20.2. The molecule has 1 spiro atoms. The van der Waals surface area contributed by atoms with Gasteiger partial charge in [0.05, 0.1) is 24.0 Å². The number of carbonyl (C=O) groups excluding carboxylic acids is 3. The van der Waals surface area contributed by atoms with E-state index in [0.29, 0.717) is 18.4 Å². The summed E-state index contributed by atoms with van der Waals surface area (Å²) in [5, 5.41) is 3.21. The number of carbonyl (C=O) groups is 3. The molecule has 6 heteroatoms. The van der Waals surface area contributed by atoms with Crippen molar-refractivity contribution in [1.82, 2.24) is 5.32 Å². The summed E-state index contributed by atoms with van der Waals surface area (Å²) in [4.78, 5) is 39.5. The maximum atomic E-state index is 13.8. The maximum Gasteiger partial charge on any atom is 0.310 e. The highest BCUT2D eigenvalue weighted by Gasteiger charge is 2.78. The molecule has 3 heterocycles. The number of rotatable bonds is 2. The van der Waals surface area contributed by atoms with Crippen molar-refractivity contribution in [3.05, 3.63) is 59.7 Å². The van der Waals surface area contributed by atoms with Crippen molar-refractivity contribution in [3.63, 3.8) is 0 Å². The van der Waals surface area contributed by atoms with Gasteiger partial charge < -0.3 is 14.8 Å². The number of ether oxygens (including phenoxy) is 2. The summed E-state index contributed by atoms with van der Waals surface area (Å²) in [6.45, 7) is 7.83. The number of Topliss-reactive ketones (excluding diaryl/α,β-unsaturated/α-hetero) is 1. The summed E-state index contributed by atoms with van der Waals surface area (Å²) in [6.07, 6.45) is 6.53. The smallest absolute Gasteiger partial charge is 0.310 e. The molecule has 6 nitrogen and oxygen atoms in total. The highest BCUT2D eigenvalue weighted by molar-refractivity contribution is 5.97. The van der Waals surface area contributed by atoms with Gasteiger partial charge in [-0.1, -0.05) is 62.4 Å². The van der Waals surface area contributed by atoms with Crippen molar-refractivity contribution in [2.45, 2.75) is 70.3 Å². The maximum absolute atomic E-state index is 13.8. The van der Waals surface area contributed by atoms with Crippen LogP contribution >= 0.6 is 0 Å². The minimum atomic E-state index is -1.33. The van der Waals surface area contributed by atoms with Crippen LogP contribution in [0.4, 0.5) is 0 Å². The van der Waals surface area contributed by atoms with Gasteiger partial charge in [-0.3, -0.25) is 14.4 Å². The van der Waals surface area contributed by atoms with Gasteiger partial charge >= 0.3 is 5.97 Å². The minimum Gasteiger partial charge on any atom is -0.448 e. The molecule has 1 N–H and O–H groups in total. The Balaban J connectivity index is 1.58. The number of nitrogens with one attached hydrogen (secondary N) is 1. The zero-order chi connectivity index (χ0) is 24.3. The Bertz CT molecular complexity index is 1080. The van der Waals surface area contributed by atoms with Gasteiger partial charge in [-0.15, -0.1) is 0 Å². The number of amides is 1. The van der Waals surface area contributed by atoms with Gasteiger partial charge in [-0.2, -0.15) is 0 Å². The van der Waals surface area contributed by atoms with Gasteiger partial charge in [0.1, 0.15) is 0 Å². The first kappa shape index (κ1) is 23.0. The van der Waals surface area contributed by atoms with Gasteiger partial charge in [0.25, 0.3) is 5.91 Å². The average molecular weight is 464 g/mol. The summed E-state index contributed by atoms with van der Waals surface area (Å²) in [5.74, 6) is -1.55. The topological polar surface area (TPSA) is 85.0 Å². The van der Waals surface area contributed by atoms with Crippen LogP contribution < -0.4 is 5.32 Å². The number of esters is 1. The summed E-state index contributed by atoms with van der Waals surface area (Å²) >= 11 is 0. The summed E-state index contributed by atoms with van der Waals surface area (Å²) in [5.41, 5.74) is -0.0388. The van der Waals surface area contributed by atoms with E-state index in [0.717, 1.165) is 5.56 Å². The molecule has 1 aliphatic carbocycles.